The van der Waals surface area contributed by atoms with Crippen LogP contribution in [0.2, 0.25) is 0 Å². The minimum atomic E-state index is 0.480. The molecule has 0 aliphatic carbocycles. The number of rotatable bonds is 10. The molecule has 0 spiro atoms. The Morgan fingerprint density at radius 3 is 1.56 bits per heavy atom. The van der Waals surface area contributed by atoms with Crippen LogP contribution in [0.5, 0.6) is 0 Å². The largest absolute Gasteiger partial charge is 0.0654 e. The molecule has 0 saturated carbocycles. The Morgan fingerprint density at radius 1 is 0.778 bits per heavy atom. The maximum atomic E-state index is 2.45. The predicted molar refractivity (Wildman–Crippen MR) is 85.0 cm³/mol. The van der Waals surface area contributed by atoms with Gasteiger partial charge in [-0.25, -0.2) is 0 Å². The van der Waals surface area contributed by atoms with Gasteiger partial charge in [0, 0.05) is 0 Å². The molecule has 18 heavy (non-hydrogen) atoms. The minimum Gasteiger partial charge on any atom is -0.0654 e. The van der Waals surface area contributed by atoms with Gasteiger partial charge in [-0.05, 0) is 23.7 Å². The van der Waals surface area contributed by atoms with Gasteiger partial charge < -0.3 is 0 Å². The smallest absolute Gasteiger partial charge is 0.0357 e. The molecule has 1 unspecified atom stereocenters. The summed E-state index contributed by atoms with van der Waals surface area (Å²) in [4.78, 5) is 0. The van der Waals surface area contributed by atoms with Gasteiger partial charge in [0.05, 0.1) is 0 Å². The first-order valence-corrected chi connectivity index (χ1v) is 8.41. The molecule has 0 fully saturated rings. The van der Waals surface area contributed by atoms with Gasteiger partial charge in [-0.1, -0.05) is 92.9 Å². The van der Waals surface area contributed by atoms with E-state index in [2.05, 4.69) is 41.5 Å². The van der Waals surface area contributed by atoms with Crippen molar-refractivity contribution >= 4 is 0 Å². The van der Waals surface area contributed by atoms with Crippen molar-refractivity contribution in [2.24, 2.45) is 17.3 Å². The fourth-order valence-corrected chi connectivity index (χ4v) is 2.60. The second kappa shape index (κ2) is 9.87. The summed E-state index contributed by atoms with van der Waals surface area (Å²) in [6, 6.07) is 0. The third-order valence-corrected chi connectivity index (χ3v) is 4.60. The van der Waals surface area contributed by atoms with Crippen molar-refractivity contribution in [2.45, 2.75) is 99.3 Å². The highest BCUT2D eigenvalue weighted by Gasteiger charge is 2.23. The van der Waals surface area contributed by atoms with E-state index in [-0.39, 0.29) is 0 Å². The zero-order valence-electron chi connectivity index (χ0n) is 14.0. The second-order valence-electron chi connectivity index (χ2n) is 7.36. The Morgan fingerprint density at radius 2 is 1.22 bits per heavy atom. The topological polar surface area (TPSA) is 0 Å². The van der Waals surface area contributed by atoms with Gasteiger partial charge in [-0.15, -0.1) is 0 Å². The monoisotopic (exact) mass is 254 g/mol. The molecule has 0 aliphatic rings. The first-order valence-electron chi connectivity index (χ1n) is 8.41. The molecule has 0 saturated heterocycles. The molecule has 0 rings (SSSR count). The Hall–Kier alpha value is 0. The van der Waals surface area contributed by atoms with Crippen LogP contribution in [0, 0.1) is 17.3 Å². The number of unbranched alkanes of at least 4 members (excludes halogenated alkanes) is 4. The van der Waals surface area contributed by atoms with Crippen LogP contribution in [-0.4, -0.2) is 0 Å². The molecule has 0 aromatic heterocycles. The lowest BCUT2D eigenvalue weighted by atomic mass is 9.75. The van der Waals surface area contributed by atoms with Crippen molar-refractivity contribution in [2.75, 3.05) is 0 Å². The van der Waals surface area contributed by atoms with Gasteiger partial charge in [0.15, 0.2) is 0 Å². The van der Waals surface area contributed by atoms with E-state index in [1.165, 1.54) is 57.8 Å². The van der Waals surface area contributed by atoms with Crippen molar-refractivity contribution in [1.82, 2.24) is 0 Å². The molecule has 0 aliphatic heterocycles. The van der Waals surface area contributed by atoms with E-state index in [9.17, 15) is 0 Å². The highest BCUT2D eigenvalue weighted by atomic mass is 14.3. The normalized spacial score (nSPS) is 14.2. The van der Waals surface area contributed by atoms with Gasteiger partial charge in [-0.3, -0.25) is 0 Å². The number of hydrogen-bond donors (Lipinski definition) is 0. The van der Waals surface area contributed by atoms with E-state index in [0.717, 1.165) is 11.8 Å². The SMILES string of the molecule is CCCCCC(CCCCC)CC(C)C(C)(C)C. The van der Waals surface area contributed by atoms with Gasteiger partial charge in [-0.2, -0.15) is 0 Å². The van der Waals surface area contributed by atoms with Crippen LogP contribution in [0.15, 0.2) is 0 Å². The van der Waals surface area contributed by atoms with Gasteiger partial charge in [0.1, 0.15) is 0 Å². The number of hydrogen-bond acceptors (Lipinski definition) is 0. The lowest BCUT2D eigenvalue weighted by Gasteiger charge is -2.31. The lowest BCUT2D eigenvalue weighted by molar-refractivity contribution is 0.200. The minimum absolute atomic E-state index is 0.480. The van der Waals surface area contributed by atoms with Crippen LogP contribution in [0.3, 0.4) is 0 Å². The molecule has 0 amide bonds. The summed E-state index contributed by atoms with van der Waals surface area (Å²) in [5, 5.41) is 0. The molecule has 0 nitrogen and oxygen atoms in total. The van der Waals surface area contributed by atoms with Gasteiger partial charge in [0.2, 0.25) is 0 Å². The molecular weight excluding hydrogens is 216 g/mol. The van der Waals surface area contributed by atoms with Crippen molar-refractivity contribution in [3.05, 3.63) is 0 Å². The van der Waals surface area contributed by atoms with Crippen LogP contribution in [0.25, 0.3) is 0 Å². The standard InChI is InChI=1S/C18H38/c1-7-9-11-13-17(14-12-10-8-2)15-16(3)18(4,5)6/h16-17H,7-15H2,1-6H3. The summed E-state index contributed by atoms with van der Waals surface area (Å²) in [6.45, 7) is 14.3. The molecule has 0 N–H and O–H groups in total. The summed E-state index contributed by atoms with van der Waals surface area (Å²) < 4.78 is 0. The lowest BCUT2D eigenvalue weighted by Crippen LogP contribution is -2.20. The highest BCUT2D eigenvalue weighted by Crippen LogP contribution is 2.34. The van der Waals surface area contributed by atoms with E-state index >= 15 is 0 Å². The molecular formula is C18H38. The Labute approximate surface area is 117 Å². The zero-order chi connectivity index (χ0) is 14.0. The Balaban J connectivity index is 4.10. The summed E-state index contributed by atoms with van der Waals surface area (Å²) in [7, 11) is 0. The third-order valence-electron chi connectivity index (χ3n) is 4.60. The van der Waals surface area contributed by atoms with E-state index in [1.807, 2.05) is 0 Å². The van der Waals surface area contributed by atoms with Gasteiger partial charge in [0.25, 0.3) is 0 Å². The predicted octanol–water partition coefficient (Wildman–Crippen LogP) is 6.84. The molecule has 1 atom stereocenters. The van der Waals surface area contributed by atoms with Crippen molar-refractivity contribution in [3.8, 4) is 0 Å². The van der Waals surface area contributed by atoms with E-state index < -0.39 is 0 Å². The maximum Gasteiger partial charge on any atom is -0.0357 e. The molecule has 0 radical (unpaired) electrons. The van der Waals surface area contributed by atoms with E-state index in [1.54, 1.807) is 0 Å². The fourth-order valence-electron chi connectivity index (χ4n) is 2.60. The van der Waals surface area contributed by atoms with Crippen LogP contribution >= 0.6 is 0 Å². The van der Waals surface area contributed by atoms with Crippen LogP contribution < -0.4 is 0 Å². The summed E-state index contributed by atoms with van der Waals surface area (Å²) in [6.07, 6.45) is 12.8. The maximum absolute atomic E-state index is 2.45. The first kappa shape index (κ1) is 18.0. The van der Waals surface area contributed by atoms with Crippen LogP contribution in [-0.2, 0) is 0 Å². The molecule has 110 valence electrons. The van der Waals surface area contributed by atoms with E-state index in [4.69, 9.17) is 0 Å². The molecule has 0 aromatic rings. The fraction of sp³-hybridized carbons (Fsp3) is 1.00. The van der Waals surface area contributed by atoms with Crippen molar-refractivity contribution in [3.63, 3.8) is 0 Å². The van der Waals surface area contributed by atoms with Crippen molar-refractivity contribution in [1.29, 1.82) is 0 Å². The third kappa shape index (κ3) is 9.00. The van der Waals surface area contributed by atoms with Crippen LogP contribution in [0.4, 0.5) is 0 Å². The van der Waals surface area contributed by atoms with E-state index in [0.29, 0.717) is 5.41 Å². The summed E-state index contributed by atoms with van der Waals surface area (Å²) in [5.74, 6) is 1.84. The highest BCUT2D eigenvalue weighted by molar-refractivity contribution is 4.74. The van der Waals surface area contributed by atoms with Crippen LogP contribution in [0.1, 0.15) is 99.3 Å². The zero-order valence-corrected chi connectivity index (χ0v) is 14.0. The Bertz CT molecular complexity index is 165. The molecule has 0 aromatic carbocycles. The summed E-state index contributed by atoms with van der Waals surface area (Å²) >= 11 is 0. The Kier molecular flexibility index (Phi) is 9.87. The quantitative estimate of drug-likeness (QED) is 0.374. The molecule has 0 bridgehead atoms. The van der Waals surface area contributed by atoms with Crippen molar-refractivity contribution < 1.29 is 0 Å². The molecule has 0 heterocycles. The van der Waals surface area contributed by atoms with Gasteiger partial charge >= 0.3 is 0 Å². The average molecular weight is 255 g/mol. The first-order chi connectivity index (χ1) is 8.41. The molecule has 0 heteroatoms. The summed E-state index contributed by atoms with van der Waals surface area (Å²) in [5.41, 5.74) is 0.480. The second-order valence-corrected chi connectivity index (χ2v) is 7.36. The average Bonchev–Trinajstić information content (AvgIpc) is 2.28.